The van der Waals surface area contributed by atoms with Crippen LogP contribution < -0.4 is 33.3 Å². The summed E-state index contributed by atoms with van der Waals surface area (Å²) < 4.78 is 7.44. The summed E-state index contributed by atoms with van der Waals surface area (Å²) in [4.78, 5) is 0. The van der Waals surface area contributed by atoms with Crippen molar-refractivity contribution >= 4 is 10.8 Å². The van der Waals surface area contributed by atoms with Crippen molar-refractivity contribution in [3.05, 3.63) is 66.0 Å². The number of fused-ring (bicyclic) bond motifs is 1. The molecule has 0 saturated heterocycles. The Labute approximate surface area is 153 Å². The molecule has 3 aromatic rings. The molecule has 0 fully saturated rings. The summed E-state index contributed by atoms with van der Waals surface area (Å²) >= 11 is 0. The minimum Gasteiger partial charge on any atom is -1.00 e. The topological polar surface area (TPSA) is 33.3 Å². The monoisotopic (exact) mass is 421 g/mol. The molecular formula is C19H20INO2. The number of hydrogen-bond donors (Lipinski definition) is 1. The van der Waals surface area contributed by atoms with Gasteiger partial charge in [-0.1, -0.05) is 18.2 Å². The van der Waals surface area contributed by atoms with Gasteiger partial charge in [0, 0.05) is 30.5 Å². The molecule has 1 N–H and O–H groups in total. The van der Waals surface area contributed by atoms with E-state index in [1.165, 1.54) is 16.5 Å². The molecule has 4 heteroatoms. The zero-order valence-electron chi connectivity index (χ0n) is 13.3. The molecule has 3 rings (SSSR count). The smallest absolute Gasteiger partial charge is 0.211 e. The fraction of sp³-hybridized carbons (Fsp3) is 0.211. The van der Waals surface area contributed by atoms with Crippen molar-refractivity contribution in [3.8, 4) is 11.4 Å². The molecule has 1 aromatic heterocycles. The number of methoxy groups -OCH3 is 1. The Bertz CT molecular complexity index is 800. The number of aliphatic hydroxyl groups is 1. The molecule has 0 aliphatic carbocycles. The van der Waals surface area contributed by atoms with E-state index in [4.69, 9.17) is 4.74 Å². The molecule has 3 nitrogen and oxygen atoms in total. The van der Waals surface area contributed by atoms with Gasteiger partial charge >= 0.3 is 0 Å². The molecule has 0 saturated carbocycles. The highest BCUT2D eigenvalue weighted by molar-refractivity contribution is 5.83. The van der Waals surface area contributed by atoms with Crippen molar-refractivity contribution in [3.63, 3.8) is 0 Å². The second-order valence-electron chi connectivity index (χ2n) is 5.32. The van der Waals surface area contributed by atoms with Crippen LogP contribution in [0.3, 0.4) is 0 Å². The van der Waals surface area contributed by atoms with Gasteiger partial charge in [-0.3, -0.25) is 0 Å². The van der Waals surface area contributed by atoms with Gasteiger partial charge in [0.1, 0.15) is 5.75 Å². The van der Waals surface area contributed by atoms with E-state index in [1.54, 1.807) is 7.11 Å². The van der Waals surface area contributed by atoms with Gasteiger partial charge in [0.25, 0.3) is 0 Å². The number of benzene rings is 2. The number of hydrogen-bond acceptors (Lipinski definition) is 2. The second kappa shape index (κ2) is 7.75. The maximum Gasteiger partial charge on any atom is 0.211 e. The molecular weight excluding hydrogens is 401 g/mol. The maximum absolute atomic E-state index is 9.40. The Morgan fingerprint density at radius 1 is 1.04 bits per heavy atom. The van der Waals surface area contributed by atoms with Crippen LogP contribution in [0.2, 0.25) is 0 Å². The van der Waals surface area contributed by atoms with Crippen molar-refractivity contribution in [1.82, 2.24) is 0 Å². The number of aryl methyl sites for hydroxylation is 1. The van der Waals surface area contributed by atoms with E-state index >= 15 is 0 Å². The predicted molar refractivity (Wildman–Crippen MR) is 87.6 cm³/mol. The lowest BCUT2D eigenvalue weighted by Gasteiger charge is -2.09. The van der Waals surface area contributed by atoms with E-state index in [0.29, 0.717) is 6.42 Å². The first-order chi connectivity index (χ1) is 10.7. The van der Waals surface area contributed by atoms with E-state index in [2.05, 4.69) is 35.8 Å². The standard InChI is InChI=1S/C19H20NO2.HI/c1-14-19-6-4-3-5-15(19)13-17(11-12-21)20(14)16-7-9-18(22-2)10-8-16;/h3-10,13,21H,11-12H2,1-2H3;1H/q+1;/p-1. The highest BCUT2D eigenvalue weighted by Gasteiger charge is 2.20. The van der Waals surface area contributed by atoms with Crippen LogP contribution >= 0.6 is 0 Å². The van der Waals surface area contributed by atoms with Crippen LogP contribution in [0.1, 0.15) is 11.4 Å². The molecule has 0 bridgehead atoms. The van der Waals surface area contributed by atoms with E-state index in [1.807, 2.05) is 30.3 Å². The summed E-state index contributed by atoms with van der Waals surface area (Å²) in [5.74, 6) is 0.839. The SMILES string of the molecule is COc1ccc(-[n+]2c(CCO)cc3ccccc3c2C)cc1.[I-]. The van der Waals surface area contributed by atoms with Gasteiger partial charge in [0.2, 0.25) is 5.69 Å². The fourth-order valence-electron chi connectivity index (χ4n) is 2.92. The van der Waals surface area contributed by atoms with Crippen LogP contribution in [0.15, 0.2) is 54.6 Å². The number of rotatable bonds is 4. The number of nitrogens with zero attached hydrogens (tertiary/aromatic N) is 1. The second-order valence-corrected chi connectivity index (χ2v) is 5.32. The van der Waals surface area contributed by atoms with Crippen molar-refractivity contribution in [2.75, 3.05) is 13.7 Å². The molecule has 0 aliphatic heterocycles. The number of ether oxygens (including phenoxy) is 1. The van der Waals surface area contributed by atoms with Crippen LogP contribution in [0, 0.1) is 6.92 Å². The minimum atomic E-state index is 0. The van der Waals surface area contributed by atoms with E-state index in [9.17, 15) is 5.11 Å². The fourth-order valence-corrected chi connectivity index (χ4v) is 2.92. The Balaban J connectivity index is 0.00000192. The molecule has 0 unspecified atom stereocenters. The van der Waals surface area contributed by atoms with Gasteiger partial charge in [0.05, 0.1) is 20.1 Å². The number of pyridine rings is 1. The van der Waals surface area contributed by atoms with Crippen LogP contribution in [-0.4, -0.2) is 18.8 Å². The number of aromatic nitrogens is 1. The zero-order valence-corrected chi connectivity index (χ0v) is 15.4. The van der Waals surface area contributed by atoms with Crippen LogP contribution in [0.5, 0.6) is 5.75 Å². The Hall–Kier alpha value is -1.66. The van der Waals surface area contributed by atoms with E-state index < -0.39 is 0 Å². The lowest BCUT2D eigenvalue weighted by atomic mass is 10.1. The highest BCUT2D eigenvalue weighted by atomic mass is 127. The van der Waals surface area contributed by atoms with Crippen molar-refractivity contribution in [2.45, 2.75) is 13.3 Å². The summed E-state index contributed by atoms with van der Waals surface area (Å²) in [6.45, 7) is 2.25. The molecule has 2 aromatic carbocycles. The van der Waals surface area contributed by atoms with Gasteiger partial charge in [-0.05, 0) is 23.6 Å². The molecule has 0 amide bonds. The van der Waals surface area contributed by atoms with Gasteiger partial charge in [-0.15, -0.1) is 0 Å². The molecule has 0 atom stereocenters. The molecule has 0 spiro atoms. The first-order valence-electron chi connectivity index (χ1n) is 7.43. The van der Waals surface area contributed by atoms with Crippen molar-refractivity contribution in [1.29, 1.82) is 0 Å². The van der Waals surface area contributed by atoms with Crippen molar-refractivity contribution in [2.24, 2.45) is 0 Å². The quantitative estimate of drug-likeness (QED) is 0.475. The largest absolute Gasteiger partial charge is 1.00 e. The normalized spacial score (nSPS) is 10.4. The average Bonchev–Trinajstić information content (AvgIpc) is 2.56. The minimum absolute atomic E-state index is 0. The Kier molecular flexibility index (Phi) is 5.96. The van der Waals surface area contributed by atoms with Crippen LogP contribution in [0.4, 0.5) is 0 Å². The third-order valence-corrected chi connectivity index (χ3v) is 3.99. The third kappa shape index (κ3) is 3.48. The molecule has 120 valence electrons. The number of halogens is 1. The lowest BCUT2D eigenvalue weighted by molar-refractivity contribution is -0.609. The first kappa shape index (κ1) is 17.7. The summed E-state index contributed by atoms with van der Waals surface area (Å²) in [6.07, 6.45) is 0.623. The van der Waals surface area contributed by atoms with Gasteiger partial charge in [-0.2, -0.15) is 4.57 Å². The highest BCUT2D eigenvalue weighted by Crippen LogP contribution is 2.20. The van der Waals surface area contributed by atoms with Crippen LogP contribution in [-0.2, 0) is 6.42 Å². The van der Waals surface area contributed by atoms with Gasteiger partial charge in [0.15, 0.2) is 11.4 Å². The summed E-state index contributed by atoms with van der Waals surface area (Å²) in [7, 11) is 1.67. The van der Waals surface area contributed by atoms with E-state index in [0.717, 1.165) is 17.1 Å². The number of aliphatic hydroxyl groups excluding tert-OH is 1. The van der Waals surface area contributed by atoms with Crippen LogP contribution in [0.25, 0.3) is 16.5 Å². The van der Waals surface area contributed by atoms with Gasteiger partial charge < -0.3 is 33.8 Å². The molecule has 1 heterocycles. The van der Waals surface area contributed by atoms with E-state index in [-0.39, 0.29) is 30.6 Å². The van der Waals surface area contributed by atoms with Gasteiger partial charge in [-0.25, -0.2) is 0 Å². The molecule has 23 heavy (non-hydrogen) atoms. The summed E-state index contributed by atoms with van der Waals surface area (Å²) in [5, 5.41) is 11.8. The predicted octanol–water partition coefficient (Wildman–Crippen LogP) is -0.0277. The summed E-state index contributed by atoms with van der Waals surface area (Å²) in [6, 6.07) is 18.5. The zero-order chi connectivity index (χ0) is 15.5. The summed E-state index contributed by atoms with van der Waals surface area (Å²) in [5.41, 5.74) is 3.35. The Morgan fingerprint density at radius 2 is 1.74 bits per heavy atom. The Morgan fingerprint density at radius 3 is 2.39 bits per heavy atom. The maximum atomic E-state index is 9.40. The third-order valence-electron chi connectivity index (χ3n) is 3.99. The lowest BCUT2D eigenvalue weighted by Crippen LogP contribution is -3.00. The molecule has 0 radical (unpaired) electrons. The first-order valence-corrected chi connectivity index (χ1v) is 7.43. The average molecular weight is 421 g/mol. The molecule has 0 aliphatic rings. The van der Waals surface area contributed by atoms with Crippen molar-refractivity contribution < 1.29 is 38.4 Å².